The third-order valence-corrected chi connectivity index (χ3v) is 3.71. The zero-order valence-corrected chi connectivity index (χ0v) is 11.5. The zero-order valence-electron chi connectivity index (χ0n) is 11.5. The number of nitrogens with one attached hydrogen (secondary N) is 1. The van der Waals surface area contributed by atoms with Crippen LogP contribution in [0.25, 0.3) is 0 Å². The van der Waals surface area contributed by atoms with Crippen molar-refractivity contribution in [3.05, 3.63) is 54.1 Å². The molecule has 104 valence electrons. The van der Waals surface area contributed by atoms with Crippen molar-refractivity contribution < 1.29 is 4.74 Å². The van der Waals surface area contributed by atoms with E-state index in [2.05, 4.69) is 17.4 Å². The fourth-order valence-electron chi connectivity index (χ4n) is 2.58. The molecule has 1 fully saturated rings. The van der Waals surface area contributed by atoms with Gasteiger partial charge in [-0.05, 0) is 61.3 Å². The summed E-state index contributed by atoms with van der Waals surface area (Å²) in [6.07, 6.45) is 3.81. The molecule has 1 aliphatic heterocycles. The molecule has 1 aliphatic rings. The number of ether oxygens (including phenoxy) is 1. The van der Waals surface area contributed by atoms with Gasteiger partial charge in [-0.2, -0.15) is 0 Å². The van der Waals surface area contributed by atoms with Crippen LogP contribution in [-0.2, 0) is 0 Å². The first-order valence-electron chi connectivity index (χ1n) is 7.18. The average molecular weight is 268 g/mol. The number of nitrogens with two attached hydrogens (primary N) is 1. The molecule has 3 N–H and O–H groups in total. The highest BCUT2D eigenvalue weighted by atomic mass is 16.5. The Hall–Kier alpha value is -2.00. The summed E-state index contributed by atoms with van der Waals surface area (Å²) in [7, 11) is 0. The van der Waals surface area contributed by atoms with E-state index in [1.807, 2.05) is 36.4 Å². The minimum atomic E-state index is 0.495. The van der Waals surface area contributed by atoms with Crippen molar-refractivity contribution in [2.75, 3.05) is 12.3 Å². The first-order valence-corrected chi connectivity index (χ1v) is 7.18. The van der Waals surface area contributed by atoms with Crippen LogP contribution in [0.1, 0.15) is 30.9 Å². The number of anilines is 1. The molecular formula is C17H20N2O. The summed E-state index contributed by atoms with van der Waals surface area (Å²) in [4.78, 5) is 0. The first kappa shape index (κ1) is 13.0. The third kappa shape index (κ3) is 3.11. The number of piperidine rings is 1. The van der Waals surface area contributed by atoms with Crippen molar-refractivity contribution >= 4 is 5.69 Å². The van der Waals surface area contributed by atoms with Gasteiger partial charge in [0.25, 0.3) is 0 Å². The second-order valence-corrected chi connectivity index (χ2v) is 5.24. The van der Waals surface area contributed by atoms with Gasteiger partial charge in [-0.1, -0.05) is 18.6 Å². The zero-order chi connectivity index (χ0) is 13.8. The lowest BCUT2D eigenvalue weighted by molar-refractivity contribution is 0.411. The van der Waals surface area contributed by atoms with E-state index in [1.54, 1.807) is 0 Å². The molecule has 1 atom stereocenters. The largest absolute Gasteiger partial charge is 0.457 e. The number of hydrogen-bond acceptors (Lipinski definition) is 3. The molecule has 3 nitrogen and oxygen atoms in total. The van der Waals surface area contributed by atoms with Crippen LogP contribution in [0.15, 0.2) is 48.5 Å². The van der Waals surface area contributed by atoms with E-state index in [-0.39, 0.29) is 0 Å². The molecule has 1 unspecified atom stereocenters. The molecule has 2 aromatic carbocycles. The smallest absolute Gasteiger partial charge is 0.127 e. The van der Waals surface area contributed by atoms with Gasteiger partial charge in [0, 0.05) is 11.7 Å². The molecule has 1 heterocycles. The number of benzene rings is 2. The van der Waals surface area contributed by atoms with Gasteiger partial charge in [0.1, 0.15) is 11.5 Å². The number of hydrogen-bond donors (Lipinski definition) is 2. The van der Waals surface area contributed by atoms with Crippen molar-refractivity contribution in [2.45, 2.75) is 25.3 Å². The quantitative estimate of drug-likeness (QED) is 0.831. The maximum absolute atomic E-state index is 5.80. The summed E-state index contributed by atoms with van der Waals surface area (Å²) in [5.41, 5.74) is 7.75. The molecule has 1 saturated heterocycles. The molecule has 0 aliphatic carbocycles. The van der Waals surface area contributed by atoms with Crippen LogP contribution < -0.4 is 15.8 Å². The fourth-order valence-corrected chi connectivity index (χ4v) is 2.58. The lowest BCUT2D eigenvalue weighted by atomic mass is 9.98. The normalized spacial score (nSPS) is 18.7. The predicted molar refractivity (Wildman–Crippen MR) is 82.0 cm³/mol. The molecule has 2 aromatic rings. The summed E-state index contributed by atoms with van der Waals surface area (Å²) in [6, 6.07) is 16.3. The van der Waals surface area contributed by atoms with Gasteiger partial charge in [-0.15, -0.1) is 0 Å². The molecular weight excluding hydrogens is 248 g/mol. The Labute approximate surface area is 119 Å². The van der Waals surface area contributed by atoms with Gasteiger partial charge in [0.2, 0.25) is 0 Å². The maximum Gasteiger partial charge on any atom is 0.127 e. The summed E-state index contributed by atoms with van der Waals surface area (Å²) in [5, 5.41) is 3.56. The van der Waals surface area contributed by atoms with Gasteiger partial charge in [-0.25, -0.2) is 0 Å². The van der Waals surface area contributed by atoms with Crippen molar-refractivity contribution in [1.29, 1.82) is 0 Å². The molecule has 20 heavy (non-hydrogen) atoms. The number of rotatable bonds is 3. The molecule has 0 bridgehead atoms. The second-order valence-electron chi connectivity index (χ2n) is 5.24. The van der Waals surface area contributed by atoms with Crippen LogP contribution in [0.5, 0.6) is 11.5 Å². The van der Waals surface area contributed by atoms with Crippen LogP contribution in [0.3, 0.4) is 0 Å². The van der Waals surface area contributed by atoms with Crippen LogP contribution in [-0.4, -0.2) is 6.54 Å². The topological polar surface area (TPSA) is 47.3 Å². The minimum absolute atomic E-state index is 0.495. The van der Waals surface area contributed by atoms with Gasteiger partial charge in [0.05, 0.1) is 0 Å². The van der Waals surface area contributed by atoms with Gasteiger partial charge < -0.3 is 15.8 Å². The van der Waals surface area contributed by atoms with Crippen LogP contribution in [0.2, 0.25) is 0 Å². The molecule has 3 heteroatoms. The Morgan fingerprint density at radius 1 is 0.900 bits per heavy atom. The highest BCUT2D eigenvalue weighted by molar-refractivity contribution is 5.43. The molecule has 0 radical (unpaired) electrons. The van der Waals surface area contributed by atoms with Crippen molar-refractivity contribution in [3.63, 3.8) is 0 Å². The van der Waals surface area contributed by atoms with Crippen molar-refractivity contribution in [1.82, 2.24) is 5.32 Å². The molecule has 0 spiro atoms. The monoisotopic (exact) mass is 268 g/mol. The van der Waals surface area contributed by atoms with Gasteiger partial charge in [0.15, 0.2) is 0 Å². The van der Waals surface area contributed by atoms with Gasteiger partial charge >= 0.3 is 0 Å². The summed E-state index contributed by atoms with van der Waals surface area (Å²) >= 11 is 0. The molecule has 0 saturated carbocycles. The van der Waals surface area contributed by atoms with E-state index in [9.17, 15) is 0 Å². The molecule has 0 amide bonds. The van der Waals surface area contributed by atoms with E-state index in [0.29, 0.717) is 6.04 Å². The lowest BCUT2D eigenvalue weighted by Crippen LogP contribution is -2.26. The maximum atomic E-state index is 5.80. The average Bonchev–Trinajstić information content (AvgIpc) is 2.51. The standard InChI is InChI=1S/C17H20N2O/c18-14-6-10-16(11-7-14)20-15-8-4-13(5-9-15)17-3-1-2-12-19-17/h4-11,17,19H,1-3,12,18H2. The van der Waals surface area contributed by atoms with Crippen LogP contribution in [0.4, 0.5) is 5.69 Å². The Morgan fingerprint density at radius 2 is 1.55 bits per heavy atom. The van der Waals surface area contributed by atoms with E-state index < -0.39 is 0 Å². The van der Waals surface area contributed by atoms with Crippen LogP contribution in [0, 0.1) is 0 Å². The van der Waals surface area contributed by atoms with Crippen molar-refractivity contribution in [3.8, 4) is 11.5 Å². The predicted octanol–water partition coefficient (Wildman–Crippen LogP) is 3.88. The van der Waals surface area contributed by atoms with Gasteiger partial charge in [-0.3, -0.25) is 0 Å². The Bertz CT molecular complexity index is 542. The Morgan fingerprint density at radius 3 is 2.15 bits per heavy atom. The van der Waals surface area contributed by atoms with E-state index >= 15 is 0 Å². The van der Waals surface area contributed by atoms with Crippen molar-refractivity contribution in [2.24, 2.45) is 0 Å². The lowest BCUT2D eigenvalue weighted by Gasteiger charge is -2.23. The Kier molecular flexibility index (Phi) is 3.88. The Balaban J connectivity index is 1.67. The third-order valence-electron chi connectivity index (χ3n) is 3.71. The highest BCUT2D eigenvalue weighted by Crippen LogP contribution is 2.27. The first-order chi connectivity index (χ1) is 9.81. The van der Waals surface area contributed by atoms with Crippen LogP contribution >= 0.6 is 0 Å². The highest BCUT2D eigenvalue weighted by Gasteiger charge is 2.14. The van der Waals surface area contributed by atoms with E-state index in [1.165, 1.54) is 24.8 Å². The molecule has 0 aromatic heterocycles. The summed E-state index contributed by atoms with van der Waals surface area (Å²) in [5.74, 6) is 1.66. The SMILES string of the molecule is Nc1ccc(Oc2ccc(C3CCCCN3)cc2)cc1. The van der Waals surface area contributed by atoms with E-state index in [0.717, 1.165) is 23.7 Å². The molecule has 3 rings (SSSR count). The van der Waals surface area contributed by atoms with E-state index in [4.69, 9.17) is 10.5 Å². The summed E-state index contributed by atoms with van der Waals surface area (Å²) in [6.45, 7) is 1.12. The number of nitrogen functional groups attached to an aromatic ring is 1. The summed E-state index contributed by atoms with van der Waals surface area (Å²) < 4.78 is 5.80. The minimum Gasteiger partial charge on any atom is -0.457 e. The second kappa shape index (κ2) is 5.97. The fraction of sp³-hybridized carbons (Fsp3) is 0.294.